The summed E-state index contributed by atoms with van der Waals surface area (Å²) >= 11 is 3.50. The molecule has 2 aromatic carbocycles. The van der Waals surface area contributed by atoms with Crippen molar-refractivity contribution in [3.05, 3.63) is 46.4 Å². The summed E-state index contributed by atoms with van der Waals surface area (Å²) in [5.41, 5.74) is 0.720. The summed E-state index contributed by atoms with van der Waals surface area (Å²) in [6, 6.07) is 11.8. The number of carbonyl (C=O) groups excluding carboxylic acids is 1. The lowest BCUT2D eigenvalue weighted by molar-refractivity contribution is 0.0945. The standard InChI is InChI=1S/C14H14BrNO/c1-9(2)16-14(17)12-7-3-6-11-10(12)5-4-8-13(11)15/h3-9H,1-2H3,(H,16,17). The molecule has 2 nitrogen and oxygen atoms in total. The third kappa shape index (κ3) is 2.50. The molecule has 0 aliphatic carbocycles. The van der Waals surface area contributed by atoms with Crippen molar-refractivity contribution >= 4 is 32.6 Å². The lowest BCUT2D eigenvalue weighted by atomic mass is 10.0. The first-order valence-corrected chi connectivity index (χ1v) is 6.37. The monoisotopic (exact) mass is 291 g/mol. The van der Waals surface area contributed by atoms with Crippen LogP contribution in [0.25, 0.3) is 10.8 Å². The van der Waals surface area contributed by atoms with Gasteiger partial charge >= 0.3 is 0 Å². The molecule has 0 saturated carbocycles. The van der Waals surface area contributed by atoms with Crippen molar-refractivity contribution < 1.29 is 4.79 Å². The number of hydrogen-bond donors (Lipinski definition) is 1. The molecule has 17 heavy (non-hydrogen) atoms. The summed E-state index contributed by atoms with van der Waals surface area (Å²) in [5, 5.41) is 4.95. The van der Waals surface area contributed by atoms with Crippen LogP contribution in [0.3, 0.4) is 0 Å². The summed E-state index contributed by atoms with van der Waals surface area (Å²) < 4.78 is 1.01. The molecule has 0 saturated heterocycles. The molecule has 0 bridgehead atoms. The Morgan fingerprint density at radius 2 is 1.76 bits per heavy atom. The molecule has 0 radical (unpaired) electrons. The summed E-state index contributed by atoms with van der Waals surface area (Å²) in [4.78, 5) is 12.1. The zero-order chi connectivity index (χ0) is 12.4. The fourth-order valence-electron chi connectivity index (χ4n) is 1.81. The van der Waals surface area contributed by atoms with E-state index in [1.54, 1.807) is 0 Å². The average molecular weight is 292 g/mol. The van der Waals surface area contributed by atoms with Crippen LogP contribution in [0.15, 0.2) is 40.9 Å². The molecule has 0 heterocycles. The number of carbonyl (C=O) groups is 1. The molecular weight excluding hydrogens is 278 g/mol. The quantitative estimate of drug-likeness (QED) is 0.897. The predicted octanol–water partition coefficient (Wildman–Crippen LogP) is 3.74. The Kier molecular flexibility index (Phi) is 3.48. The van der Waals surface area contributed by atoms with Gasteiger partial charge in [0.1, 0.15) is 0 Å². The Labute approximate surface area is 109 Å². The smallest absolute Gasteiger partial charge is 0.252 e. The molecule has 0 aliphatic rings. The lowest BCUT2D eigenvalue weighted by Crippen LogP contribution is -2.30. The number of amides is 1. The van der Waals surface area contributed by atoms with E-state index in [9.17, 15) is 4.79 Å². The van der Waals surface area contributed by atoms with Crippen LogP contribution in [-0.2, 0) is 0 Å². The Balaban J connectivity index is 2.55. The molecule has 0 fully saturated rings. The van der Waals surface area contributed by atoms with Crippen LogP contribution in [0, 0.1) is 0 Å². The van der Waals surface area contributed by atoms with Crippen LogP contribution in [0.1, 0.15) is 24.2 Å². The zero-order valence-corrected chi connectivity index (χ0v) is 11.4. The summed E-state index contributed by atoms with van der Waals surface area (Å²) in [5.74, 6) is -0.0244. The highest BCUT2D eigenvalue weighted by atomic mass is 79.9. The van der Waals surface area contributed by atoms with Gasteiger partial charge in [0.2, 0.25) is 0 Å². The minimum Gasteiger partial charge on any atom is -0.350 e. The maximum atomic E-state index is 12.1. The number of benzene rings is 2. The molecule has 2 rings (SSSR count). The predicted molar refractivity (Wildman–Crippen MR) is 74.3 cm³/mol. The van der Waals surface area contributed by atoms with Crippen molar-refractivity contribution in [2.24, 2.45) is 0 Å². The van der Waals surface area contributed by atoms with Gasteiger partial charge < -0.3 is 5.32 Å². The van der Waals surface area contributed by atoms with Crippen molar-refractivity contribution in [2.45, 2.75) is 19.9 Å². The highest BCUT2D eigenvalue weighted by Crippen LogP contribution is 2.26. The molecule has 1 amide bonds. The number of fused-ring (bicyclic) bond motifs is 1. The number of rotatable bonds is 2. The largest absolute Gasteiger partial charge is 0.350 e. The highest BCUT2D eigenvalue weighted by Gasteiger charge is 2.11. The van der Waals surface area contributed by atoms with Gasteiger partial charge in [0.25, 0.3) is 5.91 Å². The van der Waals surface area contributed by atoms with Crippen LogP contribution in [-0.4, -0.2) is 11.9 Å². The summed E-state index contributed by atoms with van der Waals surface area (Å²) in [6.07, 6.45) is 0. The highest BCUT2D eigenvalue weighted by molar-refractivity contribution is 9.10. The van der Waals surface area contributed by atoms with Gasteiger partial charge in [-0.3, -0.25) is 4.79 Å². The van der Waals surface area contributed by atoms with Crippen LogP contribution in [0.4, 0.5) is 0 Å². The topological polar surface area (TPSA) is 29.1 Å². The number of halogens is 1. The maximum Gasteiger partial charge on any atom is 0.252 e. The van der Waals surface area contributed by atoms with E-state index in [1.165, 1.54) is 0 Å². The lowest BCUT2D eigenvalue weighted by Gasteiger charge is -2.11. The Bertz CT molecular complexity index is 563. The summed E-state index contributed by atoms with van der Waals surface area (Å²) in [7, 11) is 0. The first-order chi connectivity index (χ1) is 8.09. The summed E-state index contributed by atoms with van der Waals surface area (Å²) in [6.45, 7) is 3.91. The van der Waals surface area contributed by atoms with Gasteiger partial charge in [-0.2, -0.15) is 0 Å². The minimum atomic E-state index is -0.0244. The molecule has 0 aromatic heterocycles. The van der Waals surface area contributed by atoms with Gasteiger partial charge in [0, 0.05) is 16.1 Å². The van der Waals surface area contributed by atoms with E-state index in [0.29, 0.717) is 0 Å². The third-order valence-electron chi connectivity index (χ3n) is 2.53. The molecule has 88 valence electrons. The van der Waals surface area contributed by atoms with Crippen molar-refractivity contribution in [3.63, 3.8) is 0 Å². The maximum absolute atomic E-state index is 12.1. The van der Waals surface area contributed by atoms with E-state index in [4.69, 9.17) is 0 Å². The fraction of sp³-hybridized carbons (Fsp3) is 0.214. The van der Waals surface area contributed by atoms with E-state index in [2.05, 4.69) is 21.2 Å². The molecule has 0 atom stereocenters. The SMILES string of the molecule is CC(C)NC(=O)c1cccc2c(Br)cccc12. The van der Waals surface area contributed by atoms with Gasteiger partial charge in [-0.1, -0.05) is 40.2 Å². The molecular formula is C14H14BrNO. The zero-order valence-electron chi connectivity index (χ0n) is 9.83. The van der Waals surface area contributed by atoms with E-state index in [0.717, 1.165) is 20.8 Å². The normalized spacial score (nSPS) is 10.8. The van der Waals surface area contributed by atoms with E-state index >= 15 is 0 Å². The Morgan fingerprint density at radius 3 is 2.47 bits per heavy atom. The van der Waals surface area contributed by atoms with Crippen LogP contribution >= 0.6 is 15.9 Å². The van der Waals surface area contributed by atoms with Gasteiger partial charge in [-0.05, 0) is 36.8 Å². The van der Waals surface area contributed by atoms with E-state index < -0.39 is 0 Å². The van der Waals surface area contributed by atoms with Gasteiger partial charge in [0.05, 0.1) is 0 Å². The molecule has 0 aliphatic heterocycles. The van der Waals surface area contributed by atoms with E-state index in [1.807, 2.05) is 50.2 Å². The van der Waals surface area contributed by atoms with Gasteiger partial charge in [0.15, 0.2) is 0 Å². The molecule has 0 spiro atoms. The molecule has 2 aromatic rings. The Morgan fingerprint density at radius 1 is 1.12 bits per heavy atom. The first-order valence-electron chi connectivity index (χ1n) is 5.57. The van der Waals surface area contributed by atoms with Crippen molar-refractivity contribution in [1.82, 2.24) is 5.32 Å². The number of hydrogen-bond acceptors (Lipinski definition) is 1. The second-order valence-corrected chi connectivity index (χ2v) is 5.12. The minimum absolute atomic E-state index is 0.0244. The van der Waals surface area contributed by atoms with Crippen molar-refractivity contribution in [1.29, 1.82) is 0 Å². The molecule has 0 unspecified atom stereocenters. The van der Waals surface area contributed by atoms with Gasteiger partial charge in [-0.25, -0.2) is 0 Å². The molecule has 3 heteroatoms. The number of nitrogens with one attached hydrogen (secondary N) is 1. The second kappa shape index (κ2) is 4.88. The Hall–Kier alpha value is -1.35. The van der Waals surface area contributed by atoms with Crippen molar-refractivity contribution in [3.8, 4) is 0 Å². The van der Waals surface area contributed by atoms with Crippen molar-refractivity contribution in [2.75, 3.05) is 0 Å². The van der Waals surface area contributed by atoms with E-state index in [-0.39, 0.29) is 11.9 Å². The second-order valence-electron chi connectivity index (χ2n) is 4.27. The van der Waals surface area contributed by atoms with Crippen LogP contribution < -0.4 is 5.32 Å². The fourth-order valence-corrected chi connectivity index (χ4v) is 2.31. The van der Waals surface area contributed by atoms with Gasteiger partial charge in [-0.15, -0.1) is 0 Å². The third-order valence-corrected chi connectivity index (χ3v) is 3.22. The average Bonchev–Trinajstić information content (AvgIpc) is 2.28. The molecule has 1 N–H and O–H groups in total. The van der Waals surface area contributed by atoms with Crippen LogP contribution in [0.5, 0.6) is 0 Å². The van der Waals surface area contributed by atoms with Crippen LogP contribution in [0.2, 0.25) is 0 Å². The first kappa shape index (κ1) is 12.1.